The number of nitrogens with one attached hydrogen (secondary N) is 1. The van der Waals surface area contributed by atoms with Crippen LogP contribution in [0.25, 0.3) is 0 Å². The lowest BCUT2D eigenvalue weighted by molar-refractivity contribution is -0.119. The maximum Gasteiger partial charge on any atom is 0.239 e. The number of anilines is 1. The molecule has 1 aliphatic rings. The molecule has 1 amide bonds. The first-order valence-corrected chi connectivity index (χ1v) is 6.87. The summed E-state index contributed by atoms with van der Waals surface area (Å²) in [6.07, 6.45) is 1.31. The molecule has 4 nitrogen and oxygen atoms in total. The van der Waals surface area contributed by atoms with E-state index in [1.54, 1.807) is 31.9 Å². The molecule has 0 saturated heterocycles. The van der Waals surface area contributed by atoms with E-state index in [1.807, 2.05) is 0 Å². The van der Waals surface area contributed by atoms with Gasteiger partial charge >= 0.3 is 0 Å². The van der Waals surface area contributed by atoms with Crippen molar-refractivity contribution >= 4 is 11.6 Å². The van der Waals surface area contributed by atoms with Crippen molar-refractivity contribution < 1.29 is 14.3 Å². The molecule has 1 fully saturated rings. The Labute approximate surface area is 118 Å². The van der Waals surface area contributed by atoms with Crippen molar-refractivity contribution in [3.05, 3.63) is 29.1 Å². The van der Waals surface area contributed by atoms with Crippen LogP contribution in [0.5, 0.6) is 0 Å². The number of nitrogens with zero attached hydrogens (tertiary/aromatic N) is 1. The molecule has 1 aromatic rings. The Kier molecular flexibility index (Phi) is 4.28. The smallest absolute Gasteiger partial charge is 0.239 e. The third kappa shape index (κ3) is 3.48. The van der Waals surface area contributed by atoms with E-state index in [2.05, 4.69) is 5.32 Å². The summed E-state index contributed by atoms with van der Waals surface area (Å²) in [5.41, 5.74) is 1.68. The van der Waals surface area contributed by atoms with Crippen LogP contribution in [0.4, 0.5) is 10.1 Å². The third-order valence-corrected chi connectivity index (χ3v) is 3.49. The second-order valence-corrected chi connectivity index (χ2v) is 5.53. The largest absolute Gasteiger partial charge is 0.389 e. The van der Waals surface area contributed by atoms with Crippen molar-refractivity contribution in [2.75, 3.05) is 18.5 Å². The molecule has 2 N–H and O–H groups in total. The van der Waals surface area contributed by atoms with Crippen LogP contribution < -0.4 is 10.2 Å². The summed E-state index contributed by atoms with van der Waals surface area (Å²) in [5.74, 6) is -0.394. The van der Waals surface area contributed by atoms with Gasteiger partial charge in [-0.1, -0.05) is 0 Å². The summed E-state index contributed by atoms with van der Waals surface area (Å²) in [4.78, 5) is 13.6. The maximum absolute atomic E-state index is 13.6. The minimum Gasteiger partial charge on any atom is -0.389 e. The van der Waals surface area contributed by atoms with Gasteiger partial charge in [-0.05, 0) is 44.4 Å². The minimum absolute atomic E-state index is 0.0477. The maximum atomic E-state index is 13.6. The lowest BCUT2D eigenvalue weighted by Gasteiger charge is -2.24. The Morgan fingerprint density at radius 3 is 2.75 bits per heavy atom. The van der Waals surface area contributed by atoms with E-state index in [1.165, 1.54) is 6.07 Å². The zero-order chi connectivity index (χ0) is 14.9. The quantitative estimate of drug-likeness (QED) is 0.866. The number of carbonyl (C=O) groups is 1. The standard InChI is InChI=1S/C15H21FN2O2/c1-9-6-14(12(10(2)19)7-13(9)16)18(3)8-15(20)17-11-4-5-11/h6-7,10-11,19H,4-5,8H2,1-3H3,(H,17,20). The van der Waals surface area contributed by atoms with Crippen molar-refractivity contribution in [1.29, 1.82) is 0 Å². The van der Waals surface area contributed by atoms with Gasteiger partial charge in [0.25, 0.3) is 0 Å². The molecule has 1 aromatic carbocycles. The lowest BCUT2D eigenvalue weighted by atomic mass is 10.0. The van der Waals surface area contributed by atoms with E-state index < -0.39 is 6.10 Å². The normalized spacial score (nSPS) is 15.8. The summed E-state index contributed by atoms with van der Waals surface area (Å²) in [6, 6.07) is 3.33. The van der Waals surface area contributed by atoms with Gasteiger partial charge in [0.15, 0.2) is 0 Å². The van der Waals surface area contributed by atoms with Gasteiger partial charge in [0.2, 0.25) is 5.91 Å². The molecule has 1 saturated carbocycles. The number of hydrogen-bond acceptors (Lipinski definition) is 3. The van der Waals surface area contributed by atoms with Gasteiger partial charge < -0.3 is 15.3 Å². The van der Waals surface area contributed by atoms with Crippen molar-refractivity contribution in [1.82, 2.24) is 5.32 Å². The van der Waals surface area contributed by atoms with E-state index in [-0.39, 0.29) is 18.3 Å². The number of hydrogen-bond donors (Lipinski definition) is 2. The Morgan fingerprint density at radius 2 is 2.20 bits per heavy atom. The van der Waals surface area contributed by atoms with Crippen LogP contribution in [0.2, 0.25) is 0 Å². The molecule has 0 radical (unpaired) electrons. The molecule has 1 aliphatic carbocycles. The van der Waals surface area contributed by atoms with Gasteiger partial charge in [-0.25, -0.2) is 4.39 Å². The van der Waals surface area contributed by atoms with Gasteiger partial charge in [-0.15, -0.1) is 0 Å². The van der Waals surface area contributed by atoms with E-state index >= 15 is 0 Å². The van der Waals surface area contributed by atoms with Crippen LogP contribution in [0.15, 0.2) is 12.1 Å². The molecule has 5 heteroatoms. The van der Waals surface area contributed by atoms with E-state index in [0.717, 1.165) is 12.8 Å². The highest BCUT2D eigenvalue weighted by molar-refractivity contribution is 5.82. The van der Waals surface area contributed by atoms with E-state index in [0.29, 0.717) is 22.9 Å². The Morgan fingerprint density at radius 1 is 1.55 bits per heavy atom. The number of likely N-dealkylation sites (N-methyl/N-ethyl adjacent to an activating group) is 1. The Hall–Kier alpha value is -1.62. The number of amides is 1. The first-order valence-electron chi connectivity index (χ1n) is 6.87. The molecule has 0 aliphatic heterocycles. The number of aliphatic hydroxyl groups excluding tert-OH is 1. The molecule has 0 heterocycles. The highest BCUT2D eigenvalue weighted by Gasteiger charge is 2.24. The minimum atomic E-state index is -0.783. The highest BCUT2D eigenvalue weighted by atomic mass is 19.1. The molecule has 0 bridgehead atoms. The summed E-state index contributed by atoms with van der Waals surface area (Å²) < 4.78 is 13.6. The highest BCUT2D eigenvalue weighted by Crippen LogP contribution is 2.28. The third-order valence-electron chi connectivity index (χ3n) is 3.49. The van der Waals surface area contributed by atoms with Crippen LogP contribution in [0, 0.1) is 12.7 Å². The van der Waals surface area contributed by atoms with Crippen LogP contribution in [0.3, 0.4) is 0 Å². The number of carbonyl (C=O) groups excluding carboxylic acids is 1. The average molecular weight is 280 g/mol. The number of rotatable bonds is 5. The first-order chi connectivity index (χ1) is 9.38. The summed E-state index contributed by atoms with van der Waals surface area (Å²) in [5, 5.41) is 12.7. The molecule has 110 valence electrons. The molecular weight excluding hydrogens is 259 g/mol. The number of aliphatic hydroxyl groups is 1. The van der Waals surface area contributed by atoms with Crippen molar-refractivity contribution in [2.45, 2.75) is 38.8 Å². The van der Waals surface area contributed by atoms with Crippen LogP contribution in [-0.4, -0.2) is 30.6 Å². The second-order valence-electron chi connectivity index (χ2n) is 5.53. The second kappa shape index (κ2) is 5.79. The van der Waals surface area contributed by atoms with E-state index in [4.69, 9.17) is 0 Å². The van der Waals surface area contributed by atoms with Crippen LogP contribution in [-0.2, 0) is 4.79 Å². The van der Waals surface area contributed by atoms with Gasteiger partial charge in [-0.2, -0.15) is 0 Å². The predicted octanol–water partition coefficient (Wildman–Crippen LogP) is 1.90. The molecule has 2 rings (SSSR count). The fourth-order valence-corrected chi connectivity index (χ4v) is 2.15. The Balaban J connectivity index is 2.16. The van der Waals surface area contributed by atoms with Crippen molar-refractivity contribution in [3.63, 3.8) is 0 Å². The van der Waals surface area contributed by atoms with Crippen molar-refractivity contribution in [3.8, 4) is 0 Å². The number of halogens is 1. The van der Waals surface area contributed by atoms with Crippen LogP contribution in [0.1, 0.15) is 37.0 Å². The monoisotopic (exact) mass is 280 g/mol. The summed E-state index contributed by atoms with van der Waals surface area (Å²) in [7, 11) is 1.77. The lowest BCUT2D eigenvalue weighted by Crippen LogP contribution is -2.36. The van der Waals surface area contributed by atoms with Gasteiger partial charge in [-0.3, -0.25) is 4.79 Å². The summed E-state index contributed by atoms with van der Waals surface area (Å²) >= 11 is 0. The van der Waals surface area contributed by atoms with E-state index in [9.17, 15) is 14.3 Å². The zero-order valence-electron chi connectivity index (χ0n) is 12.1. The zero-order valence-corrected chi connectivity index (χ0v) is 12.1. The van der Waals surface area contributed by atoms with Crippen LogP contribution >= 0.6 is 0 Å². The topological polar surface area (TPSA) is 52.6 Å². The molecular formula is C15H21FN2O2. The van der Waals surface area contributed by atoms with Gasteiger partial charge in [0.05, 0.1) is 12.6 Å². The van der Waals surface area contributed by atoms with Gasteiger partial charge in [0, 0.05) is 24.3 Å². The fourth-order valence-electron chi connectivity index (χ4n) is 2.15. The molecule has 20 heavy (non-hydrogen) atoms. The Bertz CT molecular complexity index is 513. The average Bonchev–Trinajstić information content (AvgIpc) is 3.15. The first kappa shape index (κ1) is 14.8. The molecule has 1 unspecified atom stereocenters. The number of benzene rings is 1. The summed E-state index contributed by atoms with van der Waals surface area (Å²) in [6.45, 7) is 3.45. The molecule has 0 aromatic heterocycles. The fraction of sp³-hybridized carbons (Fsp3) is 0.533. The molecule has 1 atom stereocenters. The van der Waals surface area contributed by atoms with Crippen molar-refractivity contribution in [2.24, 2.45) is 0 Å². The number of aryl methyl sites for hydroxylation is 1. The predicted molar refractivity (Wildman–Crippen MR) is 76.2 cm³/mol. The SMILES string of the molecule is Cc1cc(N(C)CC(=O)NC2CC2)c(C(C)O)cc1F. The molecule has 0 spiro atoms. The van der Waals surface area contributed by atoms with Gasteiger partial charge in [0.1, 0.15) is 5.82 Å².